The first-order valence-electron chi connectivity index (χ1n) is 20.3. The van der Waals surface area contributed by atoms with Crippen molar-refractivity contribution in [1.82, 2.24) is 15.0 Å². The van der Waals surface area contributed by atoms with E-state index in [0.717, 1.165) is 49.4 Å². The Kier molecular flexibility index (Phi) is 8.16. The van der Waals surface area contributed by atoms with Gasteiger partial charge in [-0.1, -0.05) is 202 Å². The molecule has 0 fully saturated rings. The van der Waals surface area contributed by atoms with Crippen LogP contribution < -0.4 is 0 Å². The van der Waals surface area contributed by atoms with Crippen LogP contribution in [-0.4, -0.2) is 15.0 Å². The number of hydrogen-bond acceptors (Lipinski definition) is 3. The third kappa shape index (κ3) is 5.69. The maximum atomic E-state index is 5.39. The fourth-order valence-corrected chi connectivity index (χ4v) is 9.36. The lowest BCUT2D eigenvalue weighted by Gasteiger charge is -2.21. The number of fused-ring (bicyclic) bond motifs is 5. The summed E-state index contributed by atoms with van der Waals surface area (Å²) in [5, 5.41) is 4.50. The van der Waals surface area contributed by atoms with Crippen molar-refractivity contribution in [2.75, 3.05) is 0 Å². The van der Waals surface area contributed by atoms with Gasteiger partial charge in [0.25, 0.3) is 0 Å². The average Bonchev–Trinajstić information content (AvgIpc) is 3.54. The minimum absolute atomic E-state index is 0.0884. The van der Waals surface area contributed by atoms with E-state index in [-0.39, 0.29) is 5.41 Å². The van der Waals surface area contributed by atoms with E-state index in [4.69, 9.17) is 15.0 Å². The molecule has 1 aliphatic carbocycles. The van der Waals surface area contributed by atoms with Gasteiger partial charge in [0.05, 0.1) is 0 Å². The van der Waals surface area contributed by atoms with E-state index in [1.807, 2.05) is 6.07 Å². The number of hydrogen-bond donors (Lipinski definition) is 0. The van der Waals surface area contributed by atoms with E-state index in [9.17, 15) is 0 Å². The van der Waals surface area contributed by atoms with E-state index >= 15 is 0 Å². The molecule has 1 aromatic heterocycles. The second kappa shape index (κ2) is 13.9. The average molecular weight is 754 g/mol. The van der Waals surface area contributed by atoms with E-state index in [2.05, 4.69) is 208 Å². The summed E-state index contributed by atoms with van der Waals surface area (Å²) in [5.74, 6) is 1.90. The van der Waals surface area contributed by atoms with Gasteiger partial charge in [-0.15, -0.1) is 0 Å². The van der Waals surface area contributed by atoms with Gasteiger partial charge in [0, 0.05) is 22.1 Å². The zero-order valence-corrected chi connectivity index (χ0v) is 32.9. The van der Waals surface area contributed by atoms with Crippen LogP contribution in [0.4, 0.5) is 0 Å². The quantitative estimate of drug-likeness (QED) is 0.170. The lowest BCUT2D eigenvalue weighted by molar-refractivity contribution is 0.660. The number of benzene rings is 9. The predicted molar refractivity (Wildman–Crippen MR) is 245 cm³/mol. The lowest BCUT2D eigenvalue weighted by atomic mass is 9.81. The van der Waals surface area contributed by atoms with E-state index in [1.54, 1.807) is 0 Å². The minimum Gasteiger partial charge on any atom is -0.208 e. The highest BCUT2D eigenvalue weighted by molar-refractivity contribution is 6.08. The molecular formula is C56H39N3. The first-order chi connectivity index (χ1) is 29.0. The molecule has 278 valence electrons. The van der Waals surface area contributed by atoms with E-state index < -0.39 is 0 Å². The van der Waals surface area contributed by atoms with Gasteiger partial charge < -0.3 is 0 Å². The van der Waals surface area contributed by atoms with Crippen molar-refractivity contribution in [3.8, 4) is 78.7 Å². The molecule has 0 atom stereocenters. The molecule has 11 rings (SSSR count). The molecule has 0 saturated heterocycles. The van der Waals surface area contributed by atoms with Crippen LogP contribution in [0, 0.1) is 0 Å². The molecule has 3 nitrogen and oxygen atoms in total. The summed E-state index contributed by atoms with van der Waals surface area (Å²) >= 11 is 0. The summed E-state index contributed by atoms with van der Waals surface area (Å²) in [5.41, 5.74) is 15.1. The maximum Gasteiger partial charge on any atom is 0.164 e. The molecule has 0 aliphatic heterocycles. The first-order valence-corrected chi connectivity index (χ1v) is 20.3. The molecule has 10 aromatic rings. The maximum absolute atomic E-state index is 5.39. The van der Waals surface area contributed by atoms with Gasteiger partial charge >= 0.3 is 0 Å². The van der Waals surface area contributed by atoms with Gasteiger partial charge in [-0.25, -0.2) is 15.0 Å². The van der Waals surface area contributed by atoms with Crippen molar-refractivity contribution < 1.29 is 0 Å². The molecular weight excluding hydrogens is 715 g/mol. The van der Waals surface area contributed by atoms with Crippen molar-refractivity contribution in [2.24, 2.45) is 0 Å². The summed E-state index contributed by atoms with van der Waals surface area (Å²) in [7, 11) is 0. The molecule has 0 N–H and O–H groups in total. The summed E-state index contributed by atoms with van der Waals surface area (Å²) in [6, 6.07) is 71.3. The molecule has 0 unspecified atom stereocenters. The minimum atomic E-state index is -0.0884. The normalized spacial score (nSPS) is 12.7. The Hall–Kier alpha value is -7.49. The Morgan fingerprint density at radius 3 is 1.27 bits per heavy atom. The molecule has 59 heavy (non-hydrogen) atoms. The summed E-state index contributed by atoms with van der Waals surface area (Å²) in [6.45, 7) is 4.68. The molecule has 0 saturated carbocycles. The predicted octanol–water partition coefficient (Wildman–Crippen LogP) is 14.5. The fraction of sp³-hybridized carbons (Fsp3) is 0.0536. The Bertz CT molecular complexity index is 3240. The first kappa shape index (κ1) is 34.7. The van der Waals surface area contributed by atoms with Gasteiger partial charge in [0.1, 0.15) is 0 Å². The lowest BCUT2D eigenvalue weighted by Crippen LogP contribution is -2.14. The molecule has 9 aromatic carbocycles. The molecule has 0 spiro atoms. The number of aromatic nitrogens is 3. The SMILES string of the molecule is CC1(C)c2ccccc2-c2c(-c3ccc(-c4nc(-c5ccccc5-c5ccccc5)nc(-c5ccc(-c6ccccc6)c6ccccc56)n4)c4ccccc34)cccc21. The van der Waals surface area contributed by atoms with Gasteiger partial charge in [0.2, 0.25) is 0 Å². The van der Waals surface area contributed by atoms with E-state index in [0.29, 0.717) is 17.5 Å². The van der Waals surface area contributed by atoms with E-state index in [1.165, 1.54) is 44.5 Å². The van der Waals surface area contributed by atoms with Crippen LogP contribution in [0.25, 0.3) is 100 Å². The van der Waals surface area contributed by atoms with Crippen LogP contribution in [0.5, 0.6) is 0 Å². The Balaban J connectivity index is 1.15. The standard InChI is InChI=1S/C56H39N3/c1-56(2)50-30-16-15-28-49(50)52-45(29-17-31-51(52)56)44-33-35-48(43-26-13-11-24-41(43)44)55-58-53(46-27-14-9-22-38(46)36-18-5-3-6-19-36)57-54(59-55)47-34-32-39(37-20-7-4-8-21-37)40-23-10-12-25-42(40)47/h3-35H,1-2H3. The third-order valence-corrected chi connectivity index (χ3v) is 12.2. The van der Waals surface area contributed by atoms with Crippen molar-refractivity contribution in [1.29, 1.82) is 0 Å². The Labute approximate surface area is 344 Å². The second-order valence-corrected chi connectivity index (χ2v) is 15.9. The van der Waals surface area contributed by atoms with Gasteiger partial charge in [0.15, 0.2) is 17.5 Å². The molecule has 0 radical (unpaired) electrons. The molecule has 1 heterocycles. The van der Waals surface area contributed by atoms with Crippen molar-refractivity contribution in [2.45, 2.75) is 19.3 Å². The summed E-state index contributed by atoms with van der Waals surface area (Å²) < 4.78 is 0. The van der Waals surface area contributed by atoms with Crippen LogP contribution in [0.3, 0.4) is 0 Å². The Morgan fingerprint density at radius 2 is 0.661 bits per heavy atom. The Morgan fingerprint density at radius 1 is 0.271 bits per heavy atom. The number of rotatable bonds is 6. The summed E-state index contributed by atoms with van der Waals surface area (Å²) in [4.78, 5) is 16.1. The number of nitrogens with zero attached hydrogens (tertiary/aromatic N) is 3. The van der Waals surface area contributed by atoms with Crippen LogP contribution in [-0.2, 0) is 5.41 Å². The van der Waals surface area contributed by atoms with Crippen LogP contribution in [0.2, 0.25) is 0 Å². The second-order valence-electron chi connectivity index (χ2n) is 15.9. The van der Waals surface area contributed by atoms with Crippen molar-refractivity contribution in [3.63, 3.8) is 0 Å². The zero-order valence-electron chi connectivity index (χ0n) is 32.9. The highest BCUT2D eigenvalue weighted by atomic mass is 15.0. The molecule has 3 heteroatoms. The van der Waals surface area contributed by atoms with Crippen LogP contribution in [0.15, 0.2) is 200 Å². The topological polar surface area (TPSA) is 38.7 Å². The smallest absolute Gasteiger partial charge is 0.164 e. The highest BCUT2D eigenvalue weighted by Crippen LogP contribution is 2.53. The molecule has 1 aliphatic rings. The van der Waals surface area contributed by atoms with Crippen molar-refractivity contribution >= 4 is 21.5 Å². The summed E-state index contributed by atoms with van der Waals surface area (Å²) in [6.07, 6.45) is 0. The van der Waals surface area contributed by atoms with Crippen molar-refractivity contribution in [3.05, 3.63) is 211 Å². The van der Waals surface area contributed by atoms with Gasteiger partial charge in [-0.2, -0.15) is 0 Å². The van der Waals surface area contributed by atoms with Crippen LogP contribution in [0.1, 0.15) is 25.0 Å². The third-order valence-electron chi connectivity index (χ3n) is 12.2. The van der Waals surface area contributed by atoms with Crippen LogP contribution >= 0.6 is 0 Å². The molecule has 0 bridgehead atoms. The molecule has 0 amide bonds. The largest absolute Gasteiger partial charge is 0.208 e. The highest BCUT2D eigenvalue weighted by Gasteiger charge is 2.36. The van der Waals surface area contributed by atoms with Gasteiger partial charge in [-0.05, 0) is 89.3 Å². The fourth-order valence-electron chi connectivity index (χ4n) is 9.36. The zero-order chi connectivity index (χ0) is 39.5. The monoisotopic (exact) mass is 753 g/mol. The van der Waals surface area contributed by atoms with Gasteiger partial charge in [-0.3, -0.25) is 0 Å².